The number of nitrogens with zero attached hydrogens (tertiary/aromatic N) is 1. The van der Waals surface area contributed by atoms with Crippen LogP contribution in [0.2, 0.25) is 5.02 Å². The summed E-state index contributed by atoms with van der Waals surface area (Å²) >= 11 is 5.88. The van der Waals surface area contributed by atoms with Gasteiger partial charge in [-0.05, 0) is 25.5 Å². The number of rotatable bonds is 8. The summed E-state index contributed by atoms with van der Waals surface area (Å²) in [5, 5.41) is 13.6. The fourth-order valence-electron chi connectivity index (χ4n) is 1.72. The standard InChI is InChI=1S/C13H18ClN3O3/c14-12-6-5-10(17(19)20)9-11(12)13(18)16-8-4-2-1-3-7-15/h5-6,9H,1-4,7-8,15H2,(H,16,18). The first-order valence-electron chi connectivity index (χ1n) is 6.48. The molecule has 110 valence electrons. The van der Waals surface area contributed by atoms with Crippen molar-refractivity contribution in [3.8, 4) is 0 Å². The van der Waals surface area contributed by atoms with E-state index in [1.165, 1.54) is 18.2 Å². The molecule has 6 nitrogen and oxygen atoms in total. The molecular weight excluding hydrogens is 282 g/mol. The number of nitro benzene ring substituents is 1. The van der Waals surface area contributed by atoms with Crippen LogP contribution in [0.25, 0.3) is 0 Å². The smallest absolute Gasteiger partial charge is 0.270 e. The van der Waals surface area contributed by atoms with Gasteiger partial charge in [0.2, 0.25) is 0 Å². The number of unbranched alkanes of at least 4 members (excludes halogenated alkanes) is 3. The van der Waals surface area contributed by atoms with E-state index in [4.69, 9.17) is 17.3 Å². The second-order valence-corrected chi connectivity index (χ2v) is 4.79. The van der Waals surface area contributed by atoms with Crippen molar-refractivity contribution in [2.45, 2.75) is 25.7 Å². The monoisotopic (exact) mass is 299 g/mol. The molecule has 7 heteroatoms. The Balaban J connectivity index is 2.50. The highest BCUT2D eigenvalue weighted by Crippen LogP contribution is 2.21. The molecule has 0 unspecified atom stereocenters. The quantitative estimate of drug-likeness (QED) is 0.437. The zero-order valence-electron chi connectivity index (χ0n) is 11.1. The normalized spacial score (nSPS) is 10.3. The van der Waals surface area contributed by atoms with Crippen LogP contribution in [-0.2, 0) is 0 Å². The average Bonchev–Trinajstić information content (AvgIpc) is 2.42. The van der Waals surface area contributed by atoms with E-state index >= 15 is 0 Å². The molecule has 1 rings (SSSR count). The molecule has 3 N–H and O–H groups in total. The Morgan fingerprint density at radius 3 is 2.65 bits per heavy atom. The lowest BCUT2D eigenvalue weighted by Gasteiger charge is -2.06. The largest absolute Gasteiger partial charge is 0.352 e. The van der Waals surface area contributed by atoms with E-state index in [9.17, 15) is 14.9 Å². The molecule has 20 heavy (non-hydrogen) atoms. The minimum Gasteiger partial charge on any atom is -0.352 e. The van der Waals surface area contributed by atoms with Crippen LogP contribution in [0.15, 0.2) is 18.2 Å². The molecule has 0 heterocycles. The Morgan fingerprint density at radius 2 is 2.00 bits per heavy atom. The van der Waals surface area contributed by atoms with Crippen molar-refractivity contribution in [2.24, 2.45) is 5.73 Å². The molecule has 0 spiro atoms. The molecule has 0 aliphatic heterocycles. The fourth-order valence-corrected chi connectivity index (χ4v) is 1.92. The molecule has 0 saturated carbocycles. The zero-order chi connectivity index (χ0) is 15.0. The maximum absolute atomic E-state index is 11.9. The first-order valence-corrected chi connectivity index (χ1v) is 6.86. The van der Waals surface area contributed by atoms with E-state index in [-0.39, 0.29) is 16.3 Å². The molecule has 1 aromatic rings. The van der Waals surface area contributed by atoms with Gasteiger partial charge in [0.25, 0.3) is 11.6 Å². The maximum atomic E-state index is 11.9. The molecule has 0 saturated heterocycles. The first kappa shape index (κ1) is 16.4. The number of hydrogen-bond acceptors (Lipinski definition) is 4. The fraction of sp³-hybridized carbons (Fsp3) is 0.462. The van der Waals surface area contributed by atoms with E-state index in [1.807, 2.05) is 0 Å². The predicted molar refractivity (Wildman–Crippen MR) is 78.0 cm³/mol. The topological polar surface area (TPSA) is 98.3 Å². The van der Waals surface area contributed by atoms with E-state index in [0.29, 0.717) is 13.1 Å². The maximum Gasteiger partial charge on any atom is 0.270 e. The Bertz CT molecular complexity index is 480. The summed E-state index contributed by atoms with van der Waals surface area (Å²) < 4.78 is 0. The van der Waals surface area contributed by atoms with Gasteiger partial charge in [0, 0.05) is 18.7 Å². The van der Waals surface area contributed by atoms with Gasteiger partial charge in [-0.1, -0.05) is 24.4 Å². The lowest BCUT2D eigenvalue weighted by atomic mass is 10.1. The van der Waals surface area contributed by atoms with Crippen molar-refractivity contribution in [3.05, 3.63) is 38.9 Å². The van der Waals surface area contributed by atoms with Gasteiger partial charge in [0.15, 0.2) is 0 Å². The minimum atomic E-state index is -0.556. The van der Waals surface area contributed by atoms with Gasteiger partial charge < -0.3 is 11.1 Å². The second-order valence-electron chi connectivity index (χ2n) is 4.38. The summed E-state index contributed by atoms with van der Waals surface area (Å²) in [7, 11) is 0. The van der Waals surface area contributed by atoms with Crippen LogP contribution in [-0.4, -0.2) is 23.9 Å². The number of carbonyl (C=O) groups is 1. The summed E-state index contributed by atoms with van der Waals surface area (Å²) in [6.07, 6.45) is 3.84. The van der Waals surface area contributed by atoms with Crippen LogP contribution < -0.4 is 11.1 Å². The molecule has 0 atom stereocenters. The van der Waals surface area contributed by atoms with E-state index in [2.05, 4.69) is 5.32 Å². The number of non-ortho nitro benzene ring substituents is 1. The average molecular weight is 300 g/mol. The summed E-state index contributed by atoms with van der Waals surface area (Å²) in [6.45, 7) is 1.19. The van der Waals surface area contributed by atoms with Crippen molar-refractivity contribution in [1.82, 2.24) is 5.32 Å². The van der Waals surface area contributed by atoms with Crippen LogP contribution >= 0.6 is 11.6 Å². The van der Waals surface area contributed by atoms with E-state index in [1.54, 1.807) is 0 Å². The number of halogens is 1. The Kier molecular flexibility index (Phi) is 6.97. The molecule has 0 radical (unpaired) electrons. The predicted octanol–water partition coefficient (Wildman–Crippen LogP) is 2.50. The Labute approximate surface area is 122 Å². The van der Waals surface area contributed by atoms with Crippen molar-refractivity contribution in [2.75, 3.05) is 13.1 Å². The molecule has 0 bridgehead atoms. The van der Waals surface area contributed by atoms with Gasteiger partial charge in [-0.15, -0.1) is 0 Å². The van der Waals surface area contributed by atoms with Crippen LogP contribution in [0.1, 0.15) is 36.0 Å². The third kappa shape index (κ3) is 5.14. The van der Waals surface area contributed by atoms with Crippen LogP contribution in [0, 0.1) is 10.1 Å². The number of nitrogens with two attached hydrogens (primary N) is 1. The van der Waals surface area contributed by atoms with Gasteiger partial charge in [0.1, 0.15) is 0 Å². The van der Waals surface area contributed by atoms with Gasteiger partial charge in [0.05, 0.1) is 15.5 Å². The van der Waals surface area contributed by atoms with Gasteiger partial charge in [-0.2, -0.15) is 0 Å². The summed E-state index contributed by atoms with van der Waals surface area (Å²) in [4.78, 5) is 22.0. The lowest BCUT2D eigenvalue weighted by Crippen LogP contribution is -2.24. The Morgan fingerprint density at radius 1 is 1.30 bits per heavy atom. The first-order chi connectivity index (χ1) is 9.56. The Hall–Kier alpha value is -1.66. The zero-order valence-corrected chi connectivity index (χ0v) is 11.9. The number of benzene rings is 1. The number of amides is 1. The highest BCUT2D eigenvalue weighted by molar-refractivity contribution is 6.33. The molecule has 0 aliphatic carbocycles. The highest BCUT2D eigenvalue weighted by Gasteiger charge is 2.15. The van der Waals surface area contributed by atoms with Gasteiger partial charge in [-0.3, -0.25) is 14.9 Å². The van der Waals surface area contributed by atoms with Crippen molar-refractivity contribution in [1.29, 1.82) is 0 Å². The van der Waals surface area contributed by atoms with Crippen LogP contribution in [0.5, 0.6) is 0 Å². The molecule has 0 fully saturated rings. The minimum absolute atomic E-state index is 0.128. The highest BCUT2D eigenvalue weighted by atomic mass is 35.5. The van der Waals surface area contributed by atoms with Crippen molar-refractivity contribution < 1.29 is 9.72 Å². The number of nitro groups is 1. The van der Waals surface area contributed by atoms with E-state index < -0.39 is 10.8 Å². The molecule has 0 aliphatic rings. The van der Waals surface area contributed by atoms with Crippen molar-refractivity contribution in [3.63, 3.8) is 0 Å². The molecule has 1 aromatic carbocycles. The lowest BCUT2D eigenvalue weighted by molar-refractivity contribution is -0.384. The molecule has 1 amide bonds. The number of nitrogens with one attached hydrogen (secondary N) is 1. The molecule has 0 aromatic heterocycles. The SMILES string of the molecule is NCCCCCCNC(=O)c1cc([N+](=O)[O-])ccc1Cl. The third-order valence-corrected chi connectivity index (χ3v) is 3.15. The van der Waals surface area contributed by atoms with Crippen LogP contribution in [0.4, 0.5) is 5.69 Å². The van der Waals surface area contributed by atoms with Gasteiger partial charge in [-0.25, -0.2) is 0 Å². The number of carbonyl (C=O) groups excluding carboxylic acids is 1. The summed E-state index contributed by atoms with van der Waals surface area (Å²) in [5.74, 6) is -0.391. The van der Waals surface area contributed by atoms with Gasteiger partial charge >= 0.3 is 0 Å². The van der Waals surface area contributed by atoms with Crippen LogP contribution in [0.3, 0.4) is 0 Å². The number of hydrogen-bond donors (Lipinski definition) is 2. The summed E-state index contributed by atoms with van der Waals surface area (Å²) in [5.41, 5.74) is 5.36. The second kappa shape index (κ2) is 8.50. The third-order valence-electron chi connectivity index (χ3n) is 2.82. The molecular formula is C13H18ClN3O3. The van der Waals surface area contributed by atoms with E-state index in [0.717, 1.165) is 25.7 Å². The summed E-state index contributed by atoms with van der Waals surface area (Å²) in [6, 6.07) is 3.81. The van der Waals surface area contributed by atoms with Crippen molar-refractivity contribution >= 4 is 23.2 Å².